The summed E-state index contributed by atoms with van der Waals surface area (Å²) >= 11 is 0. The molecule has 0 heterocycles. The predicted molar refractivity (Wildman–Crippen MR) is 58.6 cm³/mol. The van der Waals surface area contributed by atoms with E-state index in [0.717, 1.165) is 5.56 Å². The molecule has 1 aromatic carbocycles. The quantitative estimate of drug-likeness (QED) is 0.729. The van der Waals surface area contributed by atoms with Gasteiger partial charge in [0, 0.05) is 5.56 Å². The van der Waals surface area contributed by atoms with Gasteiger partial charge >= 0.3 is 0 Å². The molecule has 3 heteroatoms. The van der Waals surface area contributed by atoms with Crippen molar-refractivity contribution in [3.05, 3.63) is 41.5 Å². The Labute approximate surface area is 88.7 Å². The van der Waals surface area contributed by atoms with Crippen LogP contribution in [-0.2, 0) is 0 Å². The second-order valence-corrected chi connectivity index (χ2v) is 3.29. The van der Waals surface area contributed by atoms with Gasteiger partial charge in [-0.1, -0.05) is 36.4 Å². The molecule has 0 unspecified atom stereocenters. The number of ketones is 1. The minimum Gasteiger partial charge on any atom is -0.393 e. The Balaban J connectivity index is 2.72. The molecule has 3 nitrogen and oxygen atoms in total. The van der Waals surface area contributed by atoms with Crippen molar-refractivity contribution in [1.82, 2.24) is 0 Å². The number of aliphatic hydroxyl groups is 2. The highest BCUT2D eigenvalue weighted by molar-refractivity contribution is 5.94. The lowest BCUT2D eigenvalue weighted by atomic mass is 10.1. The SMILES string of the molecule is CC(=O)c1ccc(/C=C/[C@@H](O)CO)cc1. The molecule has 0 bridgehead atoms. The molecule has 1 atom stereocenters. The minimum atomic E-state index is -0.836. The molecule has 0 aliphatic rings. The van der Waals surface area contributed by atoms with Crippen LogP contribution in [-0.4, -0.2) is 28.7 Å². The molecule has 0 aromatic heterocycles. The van der Waals surface area contributed by atoms with Crippen LogP contribution in [0.4, 0.5) is 0 Å². The number of carbonyl (C=O) groups excluding carboxylic acids is 1. The number of rotatable bonds is 4. The zero-order valence-corrected chi connectivity index (χ0v) is 8.55. The lowest BCUT2D eigenvalue weighted by Crippen LogP contribution is -2.06. The number of benzene rings is 1. The van der Waals surface area contributed by atoms with Gasteiger partial charge in [0.1, 0.15) is 0 Å². The molecule has 0 saturated carbocycles. The Bertz CT molecular complexity index is 352. The number of carbonyl (C=O) groups is 1. The largest absolute Gasteiger partial charge is 0.393 e. The second-order valence-electron chi connectivity index (χ2n) is 3.29. The standard InChI is InChI=1S/C12H14O3/c1-9(14)11-5-2-10(3-6-11)4-7-12(15)8-13/h2-7,12-13,15H,8H2,1H3/b7-4+/t12-/m1/s1. The van der Waals surface area contributed by atoms with Crippen LogP contribution >= 0.6 is 0 Å². The van der Waals surface area contributed by atoms with Gasteiger partial charge in [-0.05, 0) is 12.5 Å². The zero-order valence-electron chi connectivity index (χ0n) is 8.55. The normalized spacial score (nSPS) is 13.0. The maximum Gasteiger partial charge on any atom is 0.159 e. The fraction of sp³-hybridized carbons (Fsp3) is 0.250. The number of hydrogen-bond acceptors (Lipinski definition) is 3. The highest BCUT2D eigenvalue weighted by Crippen LogP contribution is 2.07. The Morgan fingerprint density at radius 3 is 2.47 bits per heavy atom. The summed E-state index contributed by atoms with van der Waals surface area (Å²) in [5.74, 6) is 0.0286. The topological polar surface area (TPSA) is 57.5 Å². The maximum atomic E-state index is 11.0. The van der Waals surface area contributed by atoms with Crippen LogP contribution in [0.25, 0.3) is 6.08 Å². The van der Waals surface area contributed by atoms with Crippen molar-refractivity contribution in [1.29, 1.82) is 0 Å². The van der Waals surface area contributed by atoms with Crippen molar-refractivity contribution in [2.24, 2.45) is 0 Å². The summed E-state index contributed by atoms with van der Waals surface area (Å²) in [6, 6.07) is 7.04. The first-order valence-electron chi connectivity index (χ1n) is 4.71. The van der Waals surface area contributed by atoms with Crippen LogP contribution in [0.5, 0.6) is 0 Å². The summed E-state index contributed by atoms with van der Waals surface area (Å²) in [4.78, 5) is 11.0. The van der Waals surface area contributed by atoms with Gasteiger partial charge in [-0.2, -0.15) is 0 Å². The van der Waals surface area contributed by atoms with Crippen LogP contribution in [0.3, 0.4) is 0 Å². The van der Waals surface area contributed by atoms with E-state index >= 15 is 0 Å². The van der Waals surface area contributed by atoms with Crippen molar-refractivity contribution in [3.8, 4) is 0 Å². The van der Waals surface area contributed by atoms with Gasteiger partial charge in [-0.3, -0.25) is 4.79 Å². The summed E-state index contributed by atoms with van der Waals surface area (Å²) in [5, 5.41) is 17.7. The Kier molecular flexibility index (Phi) is 4.21. The van der Waals surface area contributed by atoms with Gasteiger partial charge in [0.25, 0.3) is 0 Å². The van der Waals surface area contributed by atoms with Gasteiger partial charge in [0.2, 0.25) is 0 Å². The maximum absolute atomic E-state index is 11.0. The van der Waals surface area contributed by atoms with E-state index in [0.29, 0.717) is 5.56 Å². The van der Waals surface area contributed by atoms with E-state index < -0.39 is 6.10 Å². The van der Waals surface area contributed by atoms with Crippen molar-refractivity contribution in [3.63, 3.8) is 0 Å². The molecule has 0 radical (unpaired) electrons. The number of hydrogen-bond donors (Lipinski definition) is 2. The molecule has 0 aliphatic carbocycles. The predicted octanol–water partition coefficient (Wildman–Crippen LogP) is 1.26. The van der Waals surface area contributed by atoms with E-state index in [1.807, 2.05) is 0 Å². The van der Waals surface area contributed by atoms with Gasteiger partial charge in [0.15, 0.2) is 5.78 Å². The summed E-state index contributed by atoms with van der Waals surface area (Å²) in [6.45, 7) is 1.22. The van der Waals surface area contributed by atoms with Crippen molar-refractivity contribution in [2.45, 2.75) is 13.0 Å². The monoisotopic (exact) mass is 206 g/mol. The van der Waals surface area contributed by atoms with Crippen LogP contribution in [0.15, 0.2) is 30.3 Å². The first-order valence-corrected chi connectivity index (χ1v) is 4.71. The molecule has 1 aromatic rings. The lowest BCUT2D eigenvalue weighted by Gasteiger charge is -1.99. The van der Waals surface area contributed by atoms with Crippen molar-refractivity contribution >= 4 is 11.9 Å². The van der Waals surface area contributed by atoms with E-state index in [2.05, 4.69) is 0 Å². The molecule has 15 heavy (non-hydrogen) atoms. The average molecular weight is 206 g/mol. The van der Waals surface area contributed by atoms with E-state index in [-0.39, 0.29) is 12.4 Å². The smallest absolute Gasteiger partial charge is 0.159 e. The fourth-order valence-corrected chi connectivity index (χ4v) is 1.11. The zero-order chi connectivity index (χ0) is 11.3. The molecule has 0 aliphatic heterocycles. The Morgan fingerprint density at radius 2 is 2.00 bits per heavy atom. The van der Waals surface area contributed by atoms with E-state index in [9.17, 15) is 4.79 Å². The third-order valence-corrected chi connectivity index (χ3v) is 2.02. The van der Waals surface area contributed by atoms with Gasteiger partial charge in [-0.25, -0.2) is 0 Å². The molecule has 2 N–H and O–H groups in total. The summed E-state index contributed by atoms with van der Waals surface area (Å²) in [7, 11) is 0. The average Bonchev–Trinajstić information content (AvgIpc) is 2.26. The molecule has 0 amide bonds. The van der Waals surface area contributed by atoms with E-state index in [1.165, 1.54) is 13.0 Å². The molecule has 0 spiro atoms. The summed E-state index contributed by atoms with van der Waals surface area (Å²) < 4.78 is 0. The fourth-order valence-electron chi connectivity index (χ4n) is 1.11. The van der Waals surface area contributed by atoms with Gasteiger partial charge < -0.3 is 10.2 Å². The number of Topliss-reactive ketones (excluding diaryl/α,β-unsaturated/α-hetero) is 1. The highest BCUT2D eigenvalue weighted by Gasteiger charge is 1.98. The van der Waals surface area contributed by atoms with Crippen molar-refractivity contribution < 1.29 is 15.0 Å². The third kappa shape index (κ3) is 3.65. The van der Waals surface area contributed by atoms with E-state index in [1.54, 1.807) is 30.3 Å². The van der Waals surface area contributed by atoms with Crippen molar-refractivity contribution in [2.75, 3.05) is 6.61 Å². The van der Waals surface area contributed by atoms with Crippen LogP contribution < -0.4 is 0 Å². The number of aliphatic hydroxyl groups excluding tert-OH is 2. The molecular weight excluding hydrogens is 192 g/mol. The molecule has 80 valence electrons. The summed E-state index contributed by atoms with van der Waals surface area (Å²) in [5.41, 5.74) is 1.54. The molecule has 1 rings (SSSR count). The summed E-state index contributed by atoms with van der Waals surface area (Å²) in [6.07, 6.45) is 2.37. The lowest BCUT2D eigenvalue weighted by molar-refractivity contribution is 0.101. The first kappa shape index (κ1) is 11.6. The first-order chi connectivity index (χ1) is 7.13. The van der Waals surface area contributed by atoms with Gasteiger partial charge in [-0.15, -0.1) is 0 Å². The molecule has 0 fully saturated rings. The Morgan fingerprint density at radius 1 is 1.40 bits per heavy atom. The third-order valence-electron chi connectivity index (χ3n) is 2.02. The molecular formula is C12H14O3. The van der Waals surface area contributed by atoms with E-state index in [4.69, 9.17) is 10.2 Å². The Hall–Kier alpha value is -1.45. The molecule has 0 saturated heterocycles. The highest BCUT2D eigenvalue weighted by atomic mass is 16.3. The second kappa shape index (κ2) is 5.44. The van der Waals surface area contributed by atoms with Crippen LogP contribution in [0.2, 0.25) is 0 Å². The van der Waals surface area contributed by atoms with Crippen LogP contribution in [0.1, 0.15) is 22.8 Å². The van der Waals surface area contributed by atoms with Gasteiger partial charge in [0.05, 0.1) is 12.7 Å². The van der Waals surface area contributed by atoms with Crippen LogP contribution in [0, 0.1) is 0 Å². The minimum absolute atomic E-state index is 0.0286.